The van der Waals surface area contributed by atoms with Crippen LogP contribution in [0.2, 0.25) is 0 Å². The van der Waals surface area contributed by atoms with E-state index in [1.165, 1.54) is 0 Å². The highest BCUT2D eigenvalue weighted by Crippen LogP contribution is 2.18. The molecule has 1 fully saturated rings. The predicted molar refractivity (Wildman–Crippen MR) is 91.5 cm³/mol. The maximum absolute atomic E-state index is 12.4. The molecule has 0 spiro atoms. The number of carbonyl (C=O) groups is 2. The van der Waals surface area contributed by atoms with Crippen LogP contribution in [-0.4, -0.2) is 29.9 Å². The van der Waals surface area contributed by atoms with Gasteiger partial charge < -0.3 is 16.0 Å². The van der Waals surface area contributed by atoms with Crippen molar-refractivity contribution >= 4 is 17.5 Å². The number of carbonyl (C=O) groups excluding carboxylic acids is 2. The molecule has 24 heavy (non-hydrogen) atoms. The van der Waals surface area contributed by atoms with Crippen molar-refractivity contribution in [3.05, 3.63) is 59.9 Å². The van der Waals surface area contributed by atoms with Gasteiger partial charge in [0, 0.05) is 25.5 Å². The fraction of sp³-hybridized carbons (Fsp3) is 0.278. The molecule has 1 aromatic heterocycles. The number of hydrogen-bond acceptors (Lipinski definition) is 4. The van der Waals surface area contributed by atoms with E-state index in [0.717, 1.165) is 18.5 Å². The largest absolute Gasteiger partial charge is 0.348 e. The highest BCUT2D eigenvalue weighted by Gasteiger charge is 2.23. The van der Waals surface area contributed by atoms with Gasteiger partial charge in [-0.25, -0.2) is 0 Å². The first kappa shape index (κ1) is 16.1. The molecule has 2 heterocycles. The summed E-state index contributed by atoms with van der Waals surface area (Å²) in [6.07, 6.45) is 4.22. The molecule has 1 aliphatic heterocycles. The van der Waals surface area contributed by atoms with Gasteiger partial charge in [0.2, 0.25) is 5.91 Å². The minimum atomic E-state index is -0.223. The number of aromatic nitrogens is 1. The number of para-hydroxylation sites is 1. The van der Waals surface area contributed by atoms with Crippen LogP contribution < -0.4 is 16.0 Å². The van der Waals surface area contributed by atoms with E-state index in [1.54, 1.807) is 36.7 Å². The fourth-order valence-corrected chi connectivity index (χ4v) is 2.68. The monoisotopic (exact) mass is 324 g/mol. The molecule has 1 saturated heterocycles. The zero-order valence-electron chi connectivity index (χ0n) is 13.3. The molecular formula is C18H20N4O2. The van der Waals surface area contributed by atoms with Crippen LogP contribution in [0, 0.1) is 5.92 Å². The number of anilines is 1. The van der Waals surface area contributed by atoms with Gasteiger partial charge in [-0.1, -0.05) is 18.2 Å². The molecule has 3 rings (SSSR count). The van der Waals surface area contributed by atoms with Crippen LogP contribution in [0.3, 0.4) is 0 Å². The summed E-state index contributed by atoms with van der Waals surface area (Å²) in [5.41, 5.74) is 1.92. The lowest BCUT2D eigenvalue weighted by molar-refractivity contribution is -0.119. The van der Waals surface area contributed by atoms with Gasteiger partial charge in [0.05, 0.1) is 17.2 Å². The van der Waals surface area contributed by atoms with Crippen LogP contribution >= 0.6 is 0 Å². The Kier molecular flexibility index (Phi) is 5.18. The molecule has 6 heteroatoms. The van der Waals surface area contributed by atoms with Crippen molar-refractivity contribution in [3.63, 3.8) is 0 Å². The number of nitrogens with zero attached hydrogens (tertiary/aromatic N) is 1. The van der Waals surface area contributed by atoms with Crippen molar-refractivity contribution in [2.75, 3.05) is 18.4 Å². The Morgan fingerprint density at radius 2 is 2.08 bits per heavy atom. The molecule has 1 unspecified atom stereocenters. The maximum atomic E-state index is 12.4. The van der Waals surface area contributed by atoms with Crippen LogP contribution in [0.15, 0.2) is 48.8 Å². The molecule has 124 valence electrons. The van der Waals surface area contributed by atoms with E-state index in [4.69, 9.17) is 0 Å². The minimum absolute atomic E-state index is 0.0449. The zero-order valence-corrected chi connectivity index (χ0v) is 13.3. The summed E-state index contributed by atoms with van der Waals surface area (Å²) in [5.74, 6) is -0.316. The first-order valence-electron chi connectivity index (χ1n) is 8.02. The predicted octanol–water partition coefficient (Wildman–Crippen LogP) is 1.56. The number of rotatable bonds is 5. The molecule has 2 aromatic rings. The van der Waals surface area contributed by atoms with Crippen molar-refractivity contribution in [1.82, 2.24) is 15.6 Å². The topological polar surface area (TPSA) is 83.1 Å². The molecule has 3 N–H and O–H groups in total. The van der Waals surface area contributed by atoms with Gasteiger partial charge in [0.1, 0.15) is 0 Å². The summed E-state index contributed by atoms with van der Waals surface area (Å²) in [7, 11) is 0. The van der Waals surface area contributed by atoms with Crippen LogP contribution in [-0.2, 0) is 11.3 Å². The smallest absolute Gasteiger partial charge is 0.253 e. The molecule has 0 saturated carbocycles. The number of amides is 2. The summed E-state index contributed by atoms with van der Waals surface area (Å²) in [4.78, 5) is 28.7. The first-order valence-corrected chi connectivity index (χ1v) is 8.02. The molecule has 6 nitrogen and oxygen atoms in total. The molecule has 2 amide bonds. The van der Waals surface area contributed by atoms with Gasteiger partial charge in [-0.05, 0) is 36.7 Å². The van der Waals surface area contributed by atoms with Gasteiger partial charge >= 0.3 is 0 Å². The lowest BCUT2D eigenvalue weighted by atomic mass is 10.1. The Hall–Kier alpha value is -2.73. The number of nitrogens with one attached hydrogen (secondary N) is 3. The SMILES string of the molecule is O=C(NCc1cccnc1)c1ccccc1NC(=O)C1CCNC1. The molecular weight excluding hydrogens is 304 g/mol. The number of pyridine rings is 1. The van der Waals surface area contributed by atoms with E-state index in [0.29, 0.717) is 24.3 Å². The Morgan fingerprint density at radius 1 is 1.21 bits per heavy atom. The highest BCUT2D eigenvalue weighted by molar-refractivity contribution is 6.04. The summed E-state index contributed by atoms with van der Waals surface area (Å²) in [5, 5.41) is 8.90. The highest BCUT2D eigenvalue weighted by atomic mass is 16.2. The molecule has 0 aliphatic carbocycles. The molecule has 1 atom stereocenters. The third-order valence-corrected chi connectivity index (χ3v) is 4.04. The Bertz CT molecular complexity index is 712. The third kappa shape index (κ3) is 3.97. The van der Waals surface area contributed by atoms with E-state index < -0.39 is 0 Å². The molecule has 0 bridgehead atoms. The Labute approximate surface area is 140 Å². The Balaban J connectivity index is 1.66. The van der Waals surface area contributed by atoms with E-state index in [2.05, 4.69) is 20.9 Å². The van der Waals surface area contributed by atoms with Crippen molar-refractivity contribution in [2.45, 2.75) is 13.0 Å². The zero-order chi connectivity index (χ0) is 16.8. The van der Waals surface area contributed by atoms with Crippen LogP contribution in [0.4, 0.5) is 5.69 Å². The van der Waals surface area contributed by atoms with E-state index >= 15 is 0 Å². The summed E-state index contributed by atoms with van der Waals surface area (Å²) >= 11 is 0. The summed E-state index contributed by atoms with van der Waals surface area (Å²) in [6, 6.07) is 10.8. The van der Waals surface area contributed by atoms with E-state index in [-0.39, 0.29) is 17.7 Å². The second-order valence-electron chi connectivity index (χ2n) is 5.77. The lowest BCUT2D eigenvalue weighted by Crippen LogP contribution is -2.28. The lowest BCUT2D eigenvalue weighted by Gasteiger charge is -2.13. The quantitative estimate of drug-likeness (QED) is 0.779. The van der Waals surface area contributed by atoms with E-state index in [9.17, 15) is 9.59 Å². The van der Waals surface area contributed by atoms with E-state index in [1.807, 2.05) is 12.1 Å². The van der Waals surface area contributed by atoms with Crippen LogP contribution in [0.1, 0.15) is 22.3 Å². The second-order valence-corrected chi connectivity index (χ2v) is 5.77. The average Bonchev–Trinajstić information content (AvgIpc) is 3.16. The minimum Gasteiger partial charge on any atom is -0.348 e. The van der Waals surface area contributed by atoms with Crippen molar-refractivity contribution in [3.8, 4) is 0 Å². The number of benzene rings is 1. The van der Waals surface area contributed by atoms with Crippen molar-refractivity contribution < 1.29 is 9.59 Å². The van der Waals surface area contributed by atoms with Gasteiger partial charge in [0.15, 0.2) is 0 Å². The Morgan fingerprint density at radius 3 is 2.83 bits per heavy atom. The standard InChI is InChI=1S/C18H20N4O2/c23-17(14-7-9-20-12-14)22-16-6-2-1-5-15(16)18(24)21-11-13-4-3-8-19-10-13/h1-6,8,10,14,20H,7,9,11-12H2,(H,21,24)(H,22,23). The molecule has 1 aliphatic rings. The van der Waals surface area contributed by atoms with Gasteiger partial charge in [-0.2, -0.15) is 0 Å². The van der Waals surface area contributed by atoms with Gasteiger partial charge in [-0.15, -0.1) is 0 Å². The normalized spacial score (nSPS) is 16.6. The van der Waals surface area contributed by atoms with Crippen molar-refractivity contribution in [2.24, 2.45) is 5.92 Å². The fourth-order valence-electron chi connectivity index (χ4n) is 2.68. The van der Waals surface area contributed by atoms with Crippen LogP contribution in [0.5, 0.6) is 0 Å². The first-order chi connectivity index (χ1) is 11.7. The molecule has 0 radical (unpaired) electrons. The van der Waals surface area contributed by atoms with Gasteiger partial charge in [0.25, 0.3) is 5.91 Å². The van der Waals surface area contributed by atoms with Crippen molar-refractivity contribution in [1.29, 1.82) is 0 Å². The second kappa shape index (κ2) is 7.70. The maximum Gasteiger partial charge on any atom is 0.253 e. The summed E-state index contributed by atoms with van der Waals surface area (Å²) < 4.78 is 0. The summed E-state index contributed by atoms with van der Waals surface area (Å²) in [6.45, 7) is 1.92. The number of hydrogen-bond donors (Lipinski definition) is 3. The molecule has 1 aromatic carbocycles. The van der Waals surface area contributed by atoms with Crippen LogP contribution in [0.25, 0.3) is 0 Å². The van der Waals surface area contributed by atoms with Gasteiger partial charge in [-0.3, -0.25) is 14.6 Å². The average molecular weight is 324 g/mol. The third-order valence-electron chi connectivity index (χ3n) is 4.04.